The third kappa shape index (κ3) is 5.12. The summed E-state index contributed by atoms with van der Waals surface area (Å²) < 4.78 is 11.4. The van der Waals surface area contributed by atoms with Crippen molar-refractivity contribution in [3.63, 3.8) is 0 Å². The first kappa shape index (κ1) is 19.0. The van der Waals surface area contributed by atoms with E-state index in [1.165, 1.54) is 0 Å². The molecule has 3 rings (SSSR count). The number of urea groups is 1. The zero-order chi connectivity index (χ0) is 19.1. The Bertz CT molecular complexity index is 752. The molecular formula is C21H27N3O3. The highest BCUT2D eigenvalue weighted by atomic mass is 16.5. The molecule has 0 spiro atoms. The van der Waals surface area contributed by atoms with Crippen LogP contribution in [0.4, 0.5) is 4.79 Å². The summed E-state index contributed by atoms with van der Waals surface area (Å²) in [5.41, 5.74) is 2.06. The highest BCUT2D eigenvalue weighted by Gasteiger charge is 2.18. The predicted molar refractivity (Wildman–Crippen MR) is 104 cm³/mol. The molecule has 1 aliphatic heterocycles. The molecule has 0 fully saturated rings. The normalized spacial score (nSPS) is 14.1. The second-order valence-corrected chi connectivity index (χ2v) is 6.70. The highest BCUT2D eigenvalue weighted by molar-refractivity contribution is 5.74. The maximum atomic E-state index is 12.8. The molecule has 2 aromatic rings. The van der Waals surface area contributed by atoms with Crippen molar-refractivity contribution in [2.75, 3.05) is 19.8 Å². The molecule has 6 nitrogen and oxygen atoms in total. The van der Waals surface area contributed by atoms with Crippen LogP contribution in [0.15, 0.2) is 42.7 Å². The van der Waals surface area contributed by atoms with Gasteiger partial charge in [0.05, 0.1) is 19.3 Å². The van der Waals surface area contributed by atoms with Crippen molar-refractivity contribution in [3.05, 3.63) is 53.9 Å². The number of hydrogen-bond donors (Lipinski definition) is 1. The van der Waals surface area contributed by atoms with Crippen LogP contribution in [-0.4, -0.2) is 35.7 Å². The van der Waals surface area contributed by atoms with Gasteiger partial charge >= 0.3 is 6.03 Å². The summed E-state index contributed by atoms with van der Waals surface area (Å²) in [6.07, 6.45) is 5.27. The van der Waals surface area contributed by atoms with E-state index in [4.69, 9.17) is 9.47 Å². The summed E-state index contributed by atoms with van der Waals surface area (Å²) in [6, 6.07) is 9.51. The molecule has 144 valence electrons. The van der Waals surface area contributed by atoms with Gasteiger partial charge in [0.25, 0.3) is 0 Å². The van der Waals surface area contributed by atoms with E-state index >= 15 is 0 Å². The Kier molecular flexibility index (Phi) is 6.52. The molecule has 1 atom stereocenters. The van der Waals surface area contributed by atoms with Gasteiger partial charge in [0, 0.05) is 31.9 Å². The third-order valence-corrected chi connectivity index (χ3v) is 4.52. The second-order valence-electron chi connectivity index (χ2n) is 6.70. The van der Waals surface area contributed by atoms with Gasteiger partial charge in [-0.2, -0.15) is 0 Å². The standard InChI is InChI=1S/C21H27N3O3/c1-3-11-24(15-17-7-9-22-10-8-17)21(25)23-16(2)18-5-6-19-20(14-18)27-13-4-12-26-19/h5-10,14,16H,3-4,11-13,15H2,1-2H3,(H,23,25)/t16-/m0/s1. The number of ether oxygens (including phenoxy) is 2. The van der Waals surface area contributed by atoms with Crippen LogP contribution in [0, 0.1) is 0 Å². The fourth-order valence-electron chi connectivity index (χ4n) is 3.04. The average molecular weight is 369 g/mol. The van der Waals surface area contributed by atoms with Gasteiger partial charge in [-0.05, 0) is 48.7 Å². The average Bonchev–Trinajstić information content (AvgIpc) is 2.93. The van der Waals surface area contributed by atoms with Crippen molar-refractivity contribution >= 4 is 6.03 Å². The van der Waals surface area contributed by atoms with Crippen LogP contribution in [-0.2, 0) is 6.54 Å². The fourth-order valence-corrected chi connectivity index (χ4v) is 3.04. The molecule has 0 aliphatic carbocycles. The molecule has 0 bridgehead atoms. The largest absolute Gasteiger partial charge is 0.490 e. The molecule has 1 aliphatic rings. The highest BCUT2D eigenvalue weighted by Crippen LogP contribution is 2.32. The predicted octanol–water partition coefficient (Wildman–Crippen LogP) is 3.93. The van der Waals surface area contributed by atoms with Crippen LogP contribution in [0.25, 0.3) is 0 Å². The number of carbonyl (C=O) groups excluding carboxylic acids is 1. The quantitative estimate of drug-likeness (QED) is 0.838. The Morgan fingerprint density at radius 1 is 1.19 bits per heavy atom. The maximum Gasteiger partial charge on any atom is 0.318 e. The van der Waals surface area contributed by atoms with E-state index in [2.05, 4.69) is 17.2 Å². The minimum absolute atomic E-state index is 0.0757. The number of nitrogens with zero attached hydrogens (tertiary/aromatic N) is 2. The lowest BCUT2D eigenvalue weighted by Gasteiger charge is -2.25. The molecule has 2 heterocycles. The summed E-state index contributed by atoms with van der Waals surface area (Å²) in [7, 11) is 0. The summed E-state index contributed by atoms with van der Waals surface area (Å²) in [4.78, 5) is 18.7. The molecular weight excluding hydrogens is 342 g/mol. The van der Waals surface area contributed by atoms with Gasteiger partial charge in [0.1, 0.15) is 0 Å². The van der Waals surface area contributed by atoms with E-state index in [0.717, 1.165) is 35.5 Å². The molecule has 0 radical (unpaired) electrons. The van der Waals surface area contributed by atoms with Crippen LogP contribution < -0.4 is 14.8 Å². The number of rotatable bonds is 6. The van der Waals surface area contributed by atoms with E-state index in [9.17, 15) is 4.79 Å². The molecule has 6 heteroatoms. The van der Waals surface area contributed by atoms with Gasteiger partial charge < -0.3 is 19.7 Å². The molecule has 2 amide bonds. The van der Waals surface area contributed by atoms with Crippen molar-refractivity contribution in [1.82, 2.24) is 15.2 Å². The number of pyridine rings is 1. The number of carbonyl (C=O) groups is 1. The van der Waals surface area contributed by atoms with Gasteiger partial charge in [-0.3, -0.25) is 4.98 Å². The molecule has 1 N–H and O–H groups in total. The van der Waals surface area contributed by atoms with E-state index in [0.29, 0.717) is 26.3 Å². The maximum absolute atomic E-state index is 12.8. The zero-order valence-corrected chi connectivity index (χ0v) is 16.0. The van der Waals surface area contributed by atoms with Crippen molar-refractivity contribution in [3.8, 4) is 11.5 Å². The van der Waals surface area contributed by atoms with Crippen LogP contribution in [0.1, 0.15) is 43.9 Å². The van der Waals surface area contributed by atoms with E-state index in [-0.39, 0.29) is 12.1 Å². The minimum Gasteiger partial charge on any atom is -0.490 e. The Morgan fingerprint density at radius 2 is 1.93 bits per heavy atom. The van der Waals surface area contributed by atoms with Crippen molar-refractivity contribution in [1.29, 1.82) is 0 Å². The first-order chi connectivity index (χ1) is 13.2. The Balaban J connectivity index is 1.67. The van der Waals surface area contributed by atoms with Crippen LogP contribution in [0.2, 0.25) is 0 Å². The molecule has 0 unspecified atom stereocenters. The molecule has 0 saturated carbocycles. The van der Waals surface area contributed by atoms with Crippen molar-refractivity contribution < 1.29 is 14.3 Å². The first-order valence-electron chi connectivity index (χ1n) is 9.51. The van der Waals surface area contributed by atoms with Gasteiger partial charge in [-0.1, -0.05) is 13.0 Å². The summed E-state index contributed by atoms with van der Waals surface area (Å²) >= 11 is 0. The van der Waals surface area contributed by atoms with E-state index in [1.807, 2.05) is 42.2 Å². The molecule has 0 saturated heterocycles. The number of hydrogen-bond acceptors (Lipinski definition) is 4. The molecule has 1 aromatic heterocycles. The van der Waals surface area contributed by atoms with Crippen molar-refractivity contribution in [2.24, 2.45) is 0 Å². The second kappa shape index (κ2) is 9.26. The summed E-state index contributed by atoms with van der Waals surface area (Å²) in [6.45, 7) is 6.62. The number of fused-ring (bicyclic) bond motifs is 1. The minimum atomic E-state index is -0.133. The Morgan fingerprint density at radius 3 is 2.67 bits per heavy atom. The van der Waals surface area contributed by atoms with Gasteiger partial charge in [-0.15, -0.1) is 0 Å². The van der Waals surface area contributed by atoms with Crippen LogP contribution >= 0.6 is 0 Å². The first-order valence-corrected chi connectivity index (χ1v) is 9.51. The smallest absolute Gasteiger partial charge is 0.318 e. The number of benzene rings is 1. The molecule has 1 aromatic carbocycles. The van der Waals surface area contributed by atoms with Crippen LogP contribution in [0.5, 0.6) is 11.5 Å². The summed E-state index contributed by atoms with van der Waals surface area (Å²) in [5, 5.41) is 3.10. The lowest BCUT2D eigenvalue weighted by atomic mass is 10.1. The molecule has 27 heavy (non-hydrogen) atoms. The van der Waals surface area contributed by atoms with E-state index < -0.39 is 0 Å². The van der Waals surface area contributed by atoms with Crippen LogP contribution in [0.3, 0.4) is 0 Å². The van der Waals surface area contributed by atoms with Crippen molar-refractivity contribution in [2.45, 2.75) is 39.3 Å². The van der Waals surface area contributed by atoms with Gasteiger partial charge in [0.2, 0.25) is 0 Å². The summed E-state index contributed by atoms with van der Waals surface area (Å²) in [5.74, 6) is 1.51. The zero-order valence-electron chi connectivity index (χ0n) is 16.0. The number of aromatic nitrogens is 1. The van der Waals surface area contributed by atoms with Gasteiger partial charge in [-0.25, -0.2) is 4.79 Å². The lowest BCUT2D eigenvalue weighted by molar-refractivity contribution is 0.192. The third-order valence-electron chi connectivity index (χ3n) is 4.52. The lowest BCUT2D eigenvalue weighted by Crippen LogP contribution is -2.41. The Hall–Kier alpha value is -2.76. The Labute approximate surface area is 160 Å². The monoisotopic (exact) mass is 369 g/mol. The van der Waals surface area contributed by atoms with Gasteiger partial charge in [0.15, 0.2) is 11.5 Å². The van der Waals surface area contributed by atoms with E-state index in [1.54, 1.807) is 12.4 Å². The fraction of sp³-hybridized carbons (Fsp3) is 0.429. The number of nitrogens with one attached hydrogen (secondary N) is 1. The topological polar surface area (TPSA) is 63.7 Å². The SMILES string of the molecule is CCCN(Cc1ccncc1)C(=O)N[C@@H](C)c1ccc2c(c1)OCCCO2. The number of amides is 2.